The molecule has 17 heavy (non-hydrogen) atoms. The summed E-state index contributed by atoms with van der Waals surface area (Å²) < 4.78 is 5.75. The Balaban J connectivity index is 2.10. The molecular formula is C14H23NOS. The minimum Gasteiger partial charge on any atom is -0.378 e. The van der Waals surface area contributed by atoms with Crippen LogP contribution in [0.5, 0.6) is 0 Å². The van der Waals surface area contributed by atoms with Crippen LogP contribution in [0.2, 0.25) is 0 Å². The molecule has 3 heteroatoms. The number of methoxy groups -OCH3 is 1. The summed E-state index contributed by atoms with van der Waals surface area (Å²) in [5.74, 6) is 0. The third-order valence-corrected chi connectivity index (χ3v) is 5.08. The van der Waals surface area contributed by atoms with E-state index in [1.165, 1.54) is 29.7 Å². The van der Waals surface area contributed by atoms with Gasteiger partial charge in [-0.05, 0) is 56.2 Å². The van der Waals surface area contributed by atoms with Gasteiger partial charge in [-0.1, -0.05) is 6.92 Å². The van der Waals surface area contributed by atoms with E-state index in [9.17, 15) is 0 Å². The van der Waals surface area contributed by atoms with Crippen molar-refractivity contribution in [2.24, 2.45) is 0 Å². The minimum atomic E-state index is 0.142. The summed E-state index contributed by atoms with van der Waals surface area (Å²) in [5.41, 5.74) is 1.55. The van der Waals surface area contributed by atoms with E-state index in [4.69, 9.17) is 4.74 Å². The first-order chi connectivity index (χ1) is 8.21. The van der Waals surface area contributed by atoms with E-state index in [1.54, 1.807) is 0 Å². The Morgan fingerprint density at radius 1 is 1.53 bits per heavy atom. The summed E-state index contributed by atoms with van der Waals surface area (Å²) >= 11 is 1.87. The van der Waals surface area contributed by atoms with Crippen LogP contribution in [-0.2, 0) is 4.74 Å². The van der Waals surface area contributed by atoms with Gasteiger partial charge in [0.15, 0.2) is 0 Å². The second-order valence-electron chi connectivity index (χ2n) is 5.02. The number of rotatable bonds is 6. The van der Waals surface area contributed by atoms with E-state index in [0.717, 1.165) is 13.0 Å². The van der Waals surface area contributed by atoms with Gasteiger partial charge >= 0.3 is 0 Å². The molecule has 1 aliphatic rings. The van der Waals surface area contributed by atoms with Crippen LogP contribution in [-0.4, -0.2) is 19.3 Å². The second-order valence-corrected chi connectivity index (χ2v) is 5.97. The lowest BCUT2D eigenvalue weighted by Crippen LogP contribution is -2.42. The molecule has 0 bridgehead atoms. The van der Waals surface area contributed by atoms with Crippen LogP contribution in [0.3, 0.4) is 0 Å². The Labute approximate surface area is 108 Å². The fourth-order valence-corrected chi connectivity index (χ4v) is 3.68. The number of ether oxygens (including phenoxy) is 1. The molecule has 1 aromatic heterocycles. The highest BCUT2D eigenvalue weighted by Gasteiger charge is 2.39. The van der Waals surface area contributed by atoms with Crippen molar-refractivity contribution < 1.29 is 4.74 Å². The van der Waals surface area contributed by atoms with Crippen LogP contribution >= 0.6 is 11.3 Å². The van der Waals surface area contributed by atoms with Gasteiger partial charge in [-0.2, -0.15) is 0 Å². The lowest BCUT2D eigenvalue weighted by Gasteiger charge is -2.43. The van der Waals surface area contributed by atoms with Gasteiger partial charge in [0.25, 0.3) is 0 Å². The van der Waals surface area contributed by atoms with Crippen LogP contribution < -0.4 is 5.32 Å². The summed E-state index contributed by atoms with van der Waals surface area (Å²) in [5, 5.41) is 5.80. The van der Waals surface area contributed by atoms with Crippen molar-refractivity contribution in [2.45, 2.75) is 51.2 Å². The van der Waals surface area contributed by atoms with Crippen LogP contribution in [0, 0.1) is 6.92 Å². The zero-order chi connectivity index (χ0) is 12.3. The molecule has 2 rings (SSSR count). The van der Waals surface area contributed by atoms with E-state index in [1.807, 2.05) is 18.4 Å². The number of nitrogens with one attached hydrogen (secondary N) is 1. The minimum absolute atomic E-state index is 0.142. The SMILES string of the molecule is CCNC(CC1(OC)CCC1)c1sccc1C. The first kappa shape index (κ1) is 13.1. The van der Waals surface area contributed by atoms with E-state index < -0.39 is 0 Å². The summed E-state index contributed by atoms with van der Waals surface area (Å²) in [7, 11) is 1.86. The van der Waals surface area contributed by atoms with Crippen molar-refractivity contribution in [1.82, 2.24) is 5.32 Å². The molecule has 0 amide bonds. The maximum atomic E-state index is 5.75. The zero-order valence-electron chi connectivity index (χ0n) is 11.1. The van der Waals surface area contributed by atoms with E-state index in [0.29, 0.717) is 6.04 Å². The highest BCUT2D eigenvalue weighted by Crippen LogP contribution is 2.43. The maximum absolute atomic E-state index is 5.75. The molecule has 0 saturated heterocycles. The van der Waals surface area contributed by atoms with Gasteiger partial charge in [0.1, 0.15) is 0 Å². The maximum Gasteiger partial charge on any atom is 0.0697 e. The van der Waals surface area contributed by atoms with E-state index in [2.05, 4.69) is 30.6 Å². The lowest BCUT2D eigenvalue weighted by molar-refractivity contribution is -0.0835. The third kappa shape index (κ3) is 2.72. The molecule has 0 aromatic carbocycles. The summed E-state index contributed by atoms with van der Waals surface area (Å²) in [6, 6.07) is 2.67. The van der Waals surface area contributed by atoms with Crippen molar-refractivity contribution in [3.63, 3.8) is 0 Å². The molecule has 1 N–H and O–H groups in total. The number of hydrogen-bond donors (Lipinski definition) is 1. The predicted octanol–water partition coefficient (Wildman–Crippen LogP) is 3.67. The van der Waals surface area contributed by atoms with Gasteiger partial charge in [-0.15, -0.1) is 11.3 Å². The first-order valence-corrected chi connectivity index (χ1v) is 7.41. The van der Waals surface area contributed by atoms with Crippen LogP contribution in [0.15, 0.2) is 11.4 Å². The molecule has 1 atom stereocenters. The largest absolute Gasteiger partial charge is 0.378 e. The highest BCUT2D eigenvalue weighted by atomic mass is 32.1. The van der Waals surface area contributed by atoms with Crippen LogP contribution in [0.25, 0.3) is 0 Å². The Hall–Kier alpha value is -0.380. The molecule has 96 valence electrons. The van der Waals surface area contributed by atoms with Gasteiger partial charge in [0, 0.05) is 18.0 Å². The van der Waals surface area contributed by atoms with Crippen molar-refractivity contribution >= 4 is 11.3 Å². The number of thiophene rings is 1. The molecule has 0 spiro atoms. The summed E-state index contributed by atoms with van der Waals surface area (Å²) in [4.78, 5) is 1.48. The van der Waals surface area contributed by atoms with Gasteiger partial charge in [-0.25, -0.2) is 0 Å². The van der Waals surface area contributed by atoms with Crippen molar-refractivity contribution in [3.8, 4) is 0 Å². The van der Waals surface area contributed by atoms with E-state index in [-0.39, 0.29) is 5.60 Å². The number of aryl methyl sites for hydroxylation is 1. The highest BCUT2D eigenvalue weighted by molar-refractivity contribution is 7.10. The molecule has 1 aliphatic carbocycles. The molecule has 1 saturated carbocycles. The average molecular weight is 253 g/mol. The zero-order valence-corrected chi connectivity index (χ0v) is 11.9. The Morgan fingerprint density at radius 2 is 2.29 bits per heavy atom. The van der Waals surface area contributed by atoms with E-state index >= 15 is 0 Å². The molecule has 0 radical (unpaired) electrons. The predicted molar refractivity (Wildman–Crippen MR) is 73.7 cm³/mol. The molecule has 1 aromatic rings. The molecule has 0 aliphatic heterocycles. The quantitative estimate of drug-likeness (QED) is 0.835. The summed E-state index contributed by atoms with van der Waals surface area (Å²) in [6.45, 7) is 5.40. The van der Waals surface area contributed by atoms with Crippen LogP contribution in [0.1, 0.15) is 49.1 Å². The fourth-order valence-electron chi connectivity index (χ4n) is 2.68. The van der Waals surface area contributed by atoms with Gasteiger partial charge < -0.3 is 10.1 Å². The number of hydrogen-bond acceptors (Lipinski definition) is 3. The molecule has 2 nitrogen and oxygen atoms in total. The Kier molecular flexibility index (Phi) is 4.23. The molecule has 1 heterocycles. The van der Waals surface area contributed by atoms with Crippen LogP contribution in [0.4, 0.5) is 0 Å². The van der Waals surface area contributed by atoms with Crippen molar-refractivity contribution in [3.05, 3.63) is 21.9 Å². The first-order valence-electron chi connectivity index (χ1n) is 6.53. The normalized spacial score (nSPS) is 19.9. The standard InChI is InChI=1S/C14H23NOS/c1-4-15-12(13-11(2)6-9-17-13)10-14(16-3)7-5-8-14/h6,9,12,15H,4-5,7-8,10H2,1-3H3. The monoisotopic (exact) mass is 253 g/mol. The second kappa shape index (κ2) is 5.51. The van der Waals surface area contributed by atoms with Gasteiger partial charge in [0.05, 0.1) is 5.60 Å². The molecule has 1 unspecified atom stereocenters. The molecule has 1 fully saturated rings. The average Bonchev–Trinajstić information content (AvgIpc) is 2.68. The van der Waals surface area contributed by atoms with Crippen molar-refractivity contribution in [2.75, 3.05) is 13.7 Å². The van der Waals surface area contributed by atoms with Gasteiger partial charge in [0.2, 0.25) is 0 Å². The van der Waals surface area contributed by atoms with Crippen molar-refractivity contribution in [1.29, 1.82) is 0 Å². The topological polar surface area (TPSA) is 21.3 Å². The Morgan fingerprint density at radius 3 is 2.71 bits per heavy atom. The van der Waals surface area contributed by atoms with Gasteiger partial charge in [-0.3, -0.25) is 0 Å². The smallest absolute Gasteiger partial charge is 0.0697 e. The Bertz CT molecular complexity index is 351. The summed E-state index contributed by atoms with van der Waals surface area (Å²) in [6.07, 6.45) is 4.86. The fraction of sp³-hybridized carbons (Fsp3) is 0.714. The molecular weight excluding hydrogens is 230 g/mol. The lowest BCUT2D eigenvalue weighted by atomic mass is 9.75. The third-order valence-electron chi connectivity index (χ3n) is 3.94.